The minimum atomic E-state index is -0.176. The van der Waals surface area contributed by atoms with Gasteiger partial charge in [-0.15, -0.1) is 0 Å². The van der Waals surface area contributed by atoms with Crippen molar-refractivity contribution in [3.63, 3.8) is 0 Å². The number of carbonyl (C=O) groups excluding carboxylic acids is 2. The summed E-state index contributed by atoms with van der Waals surface area (Å²) >= 11 is 0. The lowest BCUT2D eigenvalue weighted by molar-refractivity contribution is -0.123. The fourth-order valence-electron chi connectivity index (χ4n) is 6.91. The number of benzene rings is 1. The Kier molecular flexibility index (Phi) is 11.4. The Bertz CT molecular complexity index is 1170. The fraction of sp³-hybridized carbons (Fsp3) is 0.649. The summed E-state index contributed by atoms with van der Waals surface area (Å²) in [5.74, 6) is 1.83. The summed E-state index contributed by atoms with van der Waals surface area (Å²) in [6, 6.07) is 8.47. The number of rotatable bonds is 16. The van der Waals surface area contributed by atoms with Gasteiger partial charge in [0.2, 0.25) is 0 Å². The molecule has 5 heteroatoms. The molecule has 3 aliphatic carbocycles. The predicted octanol–water partition coefficient (Wildman–Crippen LogP) is 7.84. The molecule has 0 radical (unpaired) electrons. The predicted molar refractivity (Wildman–Crippen MR) is 176 cm³/mol. The largest absolute Gasteiger partial charge is 0.367 e. The molecule has 1 unspecified atom stereocenters. The lowest BCUT2D eigenvalue weighted by Gasteiger charge is -2.48. The zero-order valence-electron chi connectivity index (χ0n) is 26.9. The van der Waals surface area contributed by atoms with E-state index in [0.29, 0.717) is 24.0 Å². The molecule has 1 aromatic carbocycles. The van der Waals surface area contributed by atoms with Gasteiger partial charge in [0.15, 0.2) is 11.6 Å². The summed E-state index contributed by atoms with van der Waals surface area (Å²) in [5, 5.41) is 12.5. The van der Waals surface area contributed by atoms with Crippen LogP contribution in [0.25, 0.3) is 0 Å². The molecule has 5 nitrogen and oxygen atoms in total. The monoisotopic (exact) mass is 573 g/mol. The average Bonchev–Trinajstić information content (AvgIpc) is 3.77. The van der Waals surface area contributed by atoms with Gasteiger partial charge < -0.3 is 15.6 Å². The quantitative estimate of drug-likeness (QED) is 0.156. The van der Waals surface area contributed by atoms with Gasteiger partial charge in [0.1, 0.15) is 0 Å². The molecule has 42 heavy (non-hydrogen) atoms. The molecule has 0 aliphatic heterocycles. The zero-order valence-corrected chi connectivity index (χ0v) is 26.9. The van der Waals surface area contributed by atoms with Crippen molar-refractivity contribution in [3.8, 4) is 0 Å². The van der Waals surface area contributed by atoms with Crippen LogP contribution < -0.4 is 10.2 Å². The number of anilines is 1. The molecule has 0 aromatic heterocycles. The number of likely N-dealkylation sites (N-methyl/N-ethyl adjacent to an activating group) is 1. The number of carbonyl (C=O) groups is 2. The summed E-state index contributed by atoms with van der Waals surface area (Å²) in [5.41, 5.74) is 4.27. The van der Waals surface area contributed by atoms with Crippen molar-refractivity contribution >= 4 is 23.0 Å². The number of allylic oxidation sites excluding steroid dienone is 1. The van der Waals surface area contributed by atoms with Crippen molar-refractivity contribution < 1.29 is 9.59 Å². The maximum absolute atomic E-state index is 13.9. The standard InChI is InChI=1S/C37H55N3O2/c1-6-7-14-35(38)37(21-27(4)22-37)31-12-9-13-32(20-31)40(5)25-34(41)33-19-29(24-39-23-26(2)3)10-8-11-30(36(33)42)18-17-28-15-16-28/h9-10,12-13,19-20,26-28,30,38-39H,6-8,11,14-18,21-25H2,1-5H3/b29-10+,33-19-,38-35?/t27-,30?,37+. The molecule has 230 valence electrons. The highest BCUT2D eigenvalue weighted by molar-refractivity contribution is 6.22. The van der Waals surface area contributed by atoms with E-state index in [9.17, 15) is 9.59 Å². The normalized spacial score (nSPS) is 26.9. The topological polar surface area (TPSA) is 73.3 Å². The molecule has 0 saturated heterocycles. The van der Waals surface area contributed by atoms with E-state index < -0.39 is 0 Å². The van der Waals surface area contributed by atoms with Crippen molar-refractivity contribution in [1.82, 2.24) is 5.32 Å². The maximum atomic E-state index is 13.9. The molecule has 1 atom stereocenters. The second-order valence-corrected chi connectivity index (χ2v) is 14.0. The molecule has 4 rings (SSSR count). The summed E-state index contributed by atoms with van der Waals surface area (Å²) in [6.45, 7) is 10.6. The molecule has 2 fully saturated rings. The van der Waals surface area contributed by atoms with Gasteiger partial charge in [-0.1, -0.05) is 65.2 Å². The minimum absolute atomic E-state index is 0.0454. The van der Waals surface area contributed by atoms with Gasteiger partial charge in [-0.05, 0) is 105 Å². The average molecular weight is 574 g/mol. The second kappa shape index (κ2) is 14.8. The van der Waals surface area contributed by atoms with Gasteiger partial charge in [0, 0.05) is 36.3 Å². The highest BCUT2D eigenvalue weighted by Gasteiger charge is 2.46. The van der Waals surface area contributed by atoms with Crippen LogP contribution in [0.2, 0.25) is 0 Å². The number of nitrogens with zero attached hydrogens (tertiary/aromatic N) is 1. The van der Waals surface area contributed by atoms with E-state index in [4.69, 9.17) is 5.41 Å². The third-order valence-corrected chi connectivity index (χ3v) is 9.66. The van der Waals surface area contributed by atoms with Crippen molar-refractivity contribution in [3.05, 3.63) is 53.1 Å². The Morgan fingerprint density at radius 2 is 1.93 bits per heavy atom. The smallest absolute Gasteiger partial charge is 0.185 e. The van der Waals surface area contributed by atoms with E-state index in [-0.39, 0.29) is 29.4 Å². The Balaban J connectivity index is 1.52. The highest BCUT2D eigenvalue weighted by atomic mass is 16.2. The Labute approximate surface area is 255 Å². The summed E-state index contributed by atoms with van der Waals surface area (Å²) in [4.78, 5) is 29.7. The third kappa shape index (κ3) is 8.30. The van der Waals surface area contributed by atoms with Gasteiger partial charge in [0.05, 0.1) is 12.1 Å². The third-order valence-electron chi connectivity index (χ3n) is 9.66. The molecule has 0 bridgehead atoms. The van der Waals surface area contributed by atoms with Crippen LogP contribution in [0.4, 0.5) is 5.69 Å². The van der Waals surface area contributed by atoms with E-state index in [2.05, 4.69) is 63.4 Å². The van der Waals surface area contributed by atoms with Crippen LogP contribution in [0.3, 0.4) is 0 Å². The number of hydrogen-bond donors (Lipinski definition) is 2. The first-order valence-electron chi connectivity index (χ1n) is 16.7. The van der Waals surface area contributed by atoms with Gasteiger partial charge in [-0.3, -0.25) is 9.59 Å². The Morgan fingerprint density at radius 1 is 1.17 bits per heavy atom. The number of ketones is 2. The van der Waals surface area contributed by atoms with E-state index in [1.54, 1.807) is 0 Å². The van der Waals surface area contributed by atoms with Crippen molar-refractivity contribution in [2.45, 2.75) is 104 Å². The van der Waals surface area contributed by atoms with Gasteiger partial charge in [-0.2, -0.15) is 0 Å². The Hall–Kier alpha value is -2.53. The minimum Gasteiger partial charge on any atom is -0.367 e. The molecule has 1 aromatic rings. The van der Waals surface area contributed by atoms with Crippen molar-refractivity contribution in [1.29, 1.82) is 5.41 Å². The van der Waals surface area contributed by atoms with Crippen LogP contribution in [-0.2, 0) is 15.0 Å². The number of nitrogens with one attached hydrogen (secondary N) is 2. The van der Waals surface area contributed by atoms with Gasteiger partial charge >= 0.3 is 0 Å². The molecule has 0 heterocycles. The van der Waals surface area contributed by atoms with E-state index >= 15 is 0 Å². The first kappa shape index (κ1) is 32.4. The second-order valence-electron chi connectivity index (χ2n) is 14.0. The SMILES string of the molecule is CCCCC(=N)[C@]1(c2cccc(N(C)CC(=O)/C3=C/C(CNCC(C)C)=C\CCC(CCC4CC4)C3=O)c2)C[C@H](C)C1. The van der Waals surface area contributed by atoms with E-state index in [1.165, 1.54) is 18.4 Å². The fourth-order valence-corrected chi connectivity index (χ4v) is 6.91. The molecule has 2 N–H and O–H groups in total. The van der Waals surface area contributed by atoms with Gasteiger partial charge in [-0.25, -0.2) is 0 Å². The van der Waals surface area contributed by atoms with E-state index in [1.807, 2.05) is 18.0 Å². The molecular formula is C37H55N3O2. The van der Waals surface area contributed by atoms with Crippen LogP contribution in [-0.4, -0.2) is 44.0 Å². The van der Waals surface area contributed by atoms with Crippen LogP contribution >= 0.6 is 0 Å². The number of unbranched alkanes of at least 4 members (excludes halogenated alkanes) is 1. The van der Waals surface area contributed by atoms with Crippen molar-refractivity contribution in [2.24, 2.45) is 23.7 Å². The van der Waals surface area contributed by atoms with Crippen molar-refractivity contribution in [2.75, 3.05) is 31.6 Å². The molecule has 0 spiro atoms. The number of Topliss-reactive ketones (excluding diaryl/α,β-unsaturated/α-hetero) is 2. The van der Waals surface area contributed by atoms with Crippen LogP contribution in [0.15, 0.2) is 47.6 Å². The molecule has 0 amide bonds. The zero-order chi connectivity index (χ0) is 30.3. The maximum Gasteiger partial charge on any atom is 0.185 e. The number of hydrogen-bond acceptors (Lipinski definition) is 5. The highest BCUT2D eigenvalue weighted by Crippen LogP contribution is 2.50. The lowest BCUT2D eigenvalue weighted by Crippen LogP contribution is -2.46. The molecule has 3 aliphatic rings. The molecule has 2 saturated carbocycles. The summed E-state index contributed by atoms with van der Waals surface area (Å²) in [7, 11) is 1.95. The van der Waals surface area contributed by atoms with Crippen LogP contribution in [0, 0.1) is 29.1 Å². The van der Waals surface area contributed by atoms with Crippen LogP contribution in [0.1, 0.15) is 104 Å². The van der Waals surface area contributed by atoms with Crippen LogP contribution in [0.5, 0.6) is 0 Å². The molecular weight excluding hydrogens is 518 g/mol. The van der Waals surface area contributed by atoms with Gasteiger partial charge in [0.25, 0.3) is 0 Å². The summed E-state index contributed by atoms with van der Waals surface area (Å²) in [6.07, 6.45) is 15.4. The first-order valence-corrected chi connectivity index (χ1v) is 16.7. The summed E-state index contributed by atoms with van der Waals surface area (Å²) < 4.78 is 0. The first-order chi connectivity index (χ1) is 20.1. The Morgan fingerprint density at radius 3 is 2.60 bits per heavy atom. The van der Waals surface area contributed by atoms with E-state index in [0.717, 1.165) is 87.2 Å². The lowest BCUT2D eigenvalue weighted by atomic mass is 9.56.